The molecule has 2 heterocycles. The second-order valence-corrected chi connectivity index (χ2v) is 12.6. The van der Waals surface area contributed by atoms with Gasteiger partial charge in [-0.05, 0) is 85.7 Å². The molecule has 0 N–H and O–H groups in total. The zero-order chi connectivity index (χ0) is 33.4. The highest BCUT2D eigenvalue weighted by Gasteiger charge is 2.23. The van der Waals surface area contributed by atoms with Gasteiger partial charge in [0.05, 0.1) is 30.3 Å². The van der Waals surface area contributed by atoms with Crippen LogP contribution in [0.15, 0.2) is 94.3 Å². The molecule has 260 valence electrons. The summed E-state index contributed by atoms with van der Waals surface area (Å²) in [5.74, 6) is -0.197. The predicted molar refractivity (Wildman–Crippen MR) is 185 cm³/mol. The van der Waals surface area contributed by atoms with Crippen LogP contribution in [-0.2, 0) is 28.9 Å². The molecule has 0 aliphatic carbocycles. The molecule has 2 aromatic carbocycles. The zero-order valence-corrected chi connectivity index (χ0v) is 27.6. The van der Waals surface area contributed by atoms with Gasteiger partial charge in [-0.2, -0.15) is 9.36 Å². The molecule has 16 heteroatoms. The number of hydrogen-bond donors (Lipinski definition) is 0. The predicted octanol–water partition coefficient (Wildman–Crippen LogP) is 5.26. The molecule has 4 aromatic rings. The maximum Gasteiger partial charge on any atom is 0.330 e. The fraction of sp³-hybridized carbons (Fsp3) is 0.375. The van der Waals surface area contributed by atoms with Crippen molar-refractivity contribution in [2.45, 2.75) is 65.7 Å². The lowest BCUT2D eigenvalue weighted by Crippen LogP contribution is -2.14. The summed E-state index contributed by atoms with van der Waals surface area (Å²) in [4.78, 5) is 22.7. The highest BCUT2D eigenvalue weighted by molar-refractivity contribution is 7.99. The van der Waals surface area contributed by atoms with Gasteiger partial charge in [0.25, 0.3) is 5.16 Å². The molecule has 0 bridgehead atoms. The van der Waals surface area contributed by atoms with E-state index in [4.69, 9.17) is 9.47 Å². The van der Waals surface area contributed by atoms with Gasteiger partial charge in [0.1, 0.15) is 0 Å². The van der Waals surface area contributed by atoms with Gasteiger partial charge < -0.3 is 9.47 Å². The number of allylic oxidation sites excluding steroid dienone is 2. The fourth-order valence-corrected chi connectivity index (χ4v) is 6.01. The third kappa shape index (κ3) is 13.2. The minimum absolute atomic E-state index is 0. The quantitative estimate of drug-likeness (QED) is 0.0947. The van der Waals surface area contributed by atoms with Gasteiger partial charge in [0.15, 0.2) is 0 Å². The summed E-state index contributed by atoms with van der Waals surface area (Å²) in [6.07, 6.45) is 3.78. The highest BCUT2D eigenvalue weighted by atomic mass is 32.2. The van der Waals surface area contributed by atoms with Crippen molar-refractivity contribution >= 4 is 33.5 Å². The van der Waals surface area contributed by atoms with E-state index in [1.165, 1.54) is 16.8 Å². The molecule has 0 aliphatic rings. The molecule has 0 spiro atoms. The van der Waals surface area contributed by atoms with Crippen LogP contribution in [0.4, 0.5) is 0 Å². The largest absolute Gasteiger partial charge is 0.463 e. The Bertz CT molecular complexity index is 1720. The van der Waals surface area contributed by atoms with Crippen LogP contribution >= 0.6 is 11.8 Å². The van der Waals surface area contributed by atoms with E-state index >= 15 is 0 Å². The Hall–Kier alpha value is -4.70. The summed E-state index contributed by atoms with van der Waals surface area (Å²) >= 11 is 1.55. The summed E-state index contributed by atoms with van der Waals surface area (Å²) in [5.41, 5.74) is 3.06. The number of esters is 2. The maximum atomic E-state index is 12.5. The summed E-state index contributed by atoms with van der Waals surface area (Å²) in [7, 11) is -3.70. The lowest BCUT2D eigenvalue weighted by molar-refractivity contribution is -0.138. The topological polar surface area (TPSA) is 174 Å². The molecular formula is C32H44N8O6S2. The molecule has 4 rings (SSSR count). The molecule has 0 atom stereocenters. The van der Waals surface area contributed by atoms with Crippen molar-refractivity contribution in [3.8, 4) is 11.4 Å². The zero-order valence-electron chi connectivity index (χ0n) is 26.0. The first-order chi connectivity index (χ1) is 22.1. The van der Waals surface area contributed by atoms with Gasteiger partial charge in [-0.1, -0.05) is 79.3 Å². The van der Waals surface area contributed by atoms with Crippen molar-refractivity contribution in [2.24, 2.45) is 0 Å². The van der Waals surface area contributed by atoms with Gasteiger partial charge >= 0.3 is 11.9 Å². The Morgan fingerprint density at radius 2 is 1.23 bits per heavy atom. The number of ether oxygens (including phenoxy) is 2. The third-order valence-corrected chi connectivity index (χ3v) is 8.43. The molecule has 2 aromatic heterocycles. The van der Waals surface area contributed by atoms with Crippen LogP contribution in [0.5, 0.6) is 0 Å². The number of hydrogen-bond acceptors (Lipinski definition) is 13. The van der Waals surface area contributed by atoms with Crippen LogP contribution in [-0.4, -0.2) is 85.5 Å². The van der Waals surface area contributed by atoms with Gasteiger partial charge in [0.2, 0.25) is 15.0 Å². The van der Waals surface area contributed by atoms with Gasteiger partial charge in [-0.25, -0.2) is 18.0 Å². The van der Waals surface area contributed by atoms with Crippen LogP contribution in [0.2, 0.25) is 0 Å². The van der Waals surface area contributed by atoms with E-state index in [2.05, 4.69) is 31.1 Å². The van der Waals surface area contributed by atoms with Gasteiger partial charge in [0, 0.05) is 17.9 Å². The summed E-state index contributed by atoms with van der Waals surface area (Å²) in [5, 5.41) is 23.1. The Morgan fingerprint density at radius 1 is 0.750 bits per heavy atom. The Morgan fingerprint density at radius 3 is 1.77 bits per heavy atom. The number of carbonyl (C=O) groups excluding carboxylic acids is 2. The lowest BCUT2D eigenvalue weighted by atomic mass is 10.2. The Kier molecular flexibility index (Phi) is 18.3. The van der Waals surface area contributed by atoms with Crippen molar-refractivity contribution in [2.75, 3.05) is 24.7 Å². The van der Waals surface area contributed by atoms with Crippen LogP contribution in [0.1, 0.15) is 55.4 Å². The minimum atomic E-state index is -3.70. The molecule has 0 aliphatic heterocycles. The molecule has 14 nitrogen and oxygen atoms in total. The van der Waals surface area contributed by atoms with E-state index in [-0.39, 0.29) is 44.8 Å². The molecule has 0 radical (unpaired) electrons. The number of nitrogens with zero attached hydrogens (tertiary/aromatic N) is 8. The monoisotopic (exact) mass is 700 g/mol. The lowest BCUT2D eigenvalue weighted by Gasteiger charge is -2.06. The second-order valence-electron chi connectivity index (χ2n) is 9.57. The average Bonchev–Trinajstić information content (AvgIpc) is 3.73. The van der Waals surface area contributed by atoms with E-state index in [1.54, 1.807) is 61.5 Å². The smallest absolute Gasteiger partial charge is 0.330 e. The van der Waals surface area contributed by atoms with E-state index in [1.807, 2.05) is 43.3 Å². The number of aromatic nitrogens is 8. The highest BCUT2D eigenvalue weighted by Crippen LogP contribution is 2.20. The van der Waals surface area contributed by atoms with Crippen molar-refractivity contribution in [3.05, 3.63) is 84.0 Å². The number of sulfone groups is 1. The molecule has 0 amide bonds. The number of thioether (sulfide) groups is 1. The standard InChI is InChI=1S/C15H18N4O4S.C15H18N4O2S.2CH4/c1-3-23-14(20)11-12(2)9-10-24(21,22)15-16-17-18-19(15)13-7-5-4-6-8-13;1-3-21-14(20)11-12(2)9-10-22-15-16-17-18-19(15)13-7-5-4-6-8-13;;/h4-8,11H,3,9-10H2,1-2H3;4-8,11H,3,9-10H2,1-2H3;2*1H4/b2*12-11+;;. The number of para-hydroxylation sites is 2. The molecule has 0 fully saturated rings. The second kappa shape index (κ2) is 21.2. The first-order valence-electron chi connectivity index (χ1n) is 14.4. The molecule has 48 heavy (non-hydrogen) atoms. The summed E-state index contributed by atoms with van der Waals surface area (Å²) in [6, 6.07) is 18.5. The third-order valence-electron chi connectivity index (χ3n) is 5.96. The van der Waals surface area contributed by atoms with Crippen molar-refractivity contribution in [3.63, 3.8) is 0 Å². The van der Waals surface area contributed by atoms with Crippen LogP contribution in [0.25, 0.3) is 11.4 Å². The van der Waals surface area contributed by atoms with Gasteiger partial charge in [-0.15, -0.1) is 5.10 Å². The van der Waals surface area contributed by atoms with E-state index in [9.17, 15) is 18.0 Å². The summed E-state index contributed by atoms with van der Waals surface area (Å²) < 4.78 is 37.6. The van der Waals surface area contributed by atoms with E-state index in [0.29, 0.717) is 17.9 Å². The molecular weight excluding hydrogens is 657 g/mol. The van der Waals surface area contributed by atoms with Gasteiger partial charge in [-0.3, -0.25) is 0 Å². The van der Waals surface area contributed by atoms with Crippen LogP contribution in [0.3, 0.4) is 0 Å². The van der Waals surface area contributed by atoms with E-state index < -0.39 is 15.8 Å². The molecule has 0 saturated carbocycles. The number of carbonyl (C=O) groups is 2. The maximum absolute atomic E-state index is 12.5. The van der Waals surface area contributed by atoms with Crippen LogP contribution < -0.4 is 0 Å². The normalized spacial score (nSPS) is 11.3. The number of rotatable bonds is 14. The first-order valence-corrected chi connectivity index (χ1v) is 17.0. The fourth-order valence-electron chi connectivity index (χ4n) is 3.71. The minimum Gasteiger partial charge on any atom is -0.463 e. The molecule has 0 unspecified atom stereocenters. The van der Waals surface area contributed by atoms with E-state index in [0.717, 1.165) is 28.6 Å². The Balaban J connectivity index is 0.000000462. The average molecular weight is 701 g/mol. The summed E-state index contributed by atoms with van der Waals surface area (Å²) in [6.45, 7) is 7.75. The Labute approximate surface area is 286 Å². The van der Waals surface area contributed by atoms with Crippen LogP contribution in [0, 0.1) is 0 Å². The van der Waals surface area contributed by atoms with Crippen molar-refractivity contribution in [1.29, 1.82) is 0 Å². The molecule has 0 saturated heterocycles. The first kappa shape index (κ1) is 41.3. The number of benzene rings is 2. The van der Waals surface area contributed by atoms with Crippen molar-refractivity contribution < 1.29 is 27.5 Å². The van der Waals surface area contributed by atoms with Crippen molar-refractivity contribution in [1.82, 2.24) is 40.4 Å². The SMILES string of the molecule is C.C.CCOC(=O)/C=C(\C)CCS(=O)(=O)c1nnnn1-c1ccccc1.CCOC(=O)/C=C(\C)CCSc1nnnn1-c1ccccc1. The number of tetrazole rings is 2.